The van der Waals surface area contributed by atoms with E-state index in [0.29, 0.717) is 24.4 Å². The van der Waals surface area contributed by atoms with Gasteiger partial charge in [0.25, 0.3) is 0 Å². The molecule has 0 amide bonds. The number of allylic oxidation sites excluding steroid dienone is 1. The predicted molar refractivity (Wildman–Crippen MR) is 174 cm³/mol. The van der Waals surface area contributed by atoms with Crippen LogP contribution in [-0.4, -0.2) is 18.5 Å². The fourth-order valence-electron chi connectivity index (χ4n) is 9.27. The summed E-state index contributed by atoms with van der Waals surface area (Å²) in [6.07, 6.45) is 35.3. The third-order valence-electron chi connectivity index (χ3n) is 11.5. The van der Waals surface area contributed by atoms with E-state index in [1.54, 1.807) is 5.57 Å². The molecule has 7 atom stereocenters. The average Bonchev–Trinajstić information content (AvgIpc) is 2.94. The SMILES string of the molecule is CCCCCCC1CCC2(CCCCCCC2COO)C(/C=C2/CCCCCCC2COP)C1CCCCCC. The van der Waals surface area contributed by atoms with Crippen LogP contribution in [0.2, 0.25) is 0 Å². The molecular weight excluding hydrogens is 511 g/mol. The Morgan fingerprint density at radius 2 is 1.48 bits per heavy atom. The number of hydrogen-bond donors (Lipinski definition) is 1. The van der Waals surface area contributed by atoms with Crippen molar-refractivity contribution in [2.75, 3.05) is 13.2 Å². The van der Waals surface area contributed by atoms with Crippen molar-refractivity contribution < 1.29 is 14.7 Å². The first-order valence-corrected chi connectivity index (χ1v) is 18.5. The standard InChI is InChI=1S/C36H67O3P/c1-3-5-7-13-19-30-24-26-36(25-18-12-11-16-22-33(36)29-38-37)35(34(30)23-17-8-6-4-2)27-31-20-14-9-10-15-21-32(31)28-39-40/h27,30,32-35,37H,3-26,28-29,40H2,1-2H3/b31-27-. The van der Waals surface area contributed by atoms with E-state index in [-0.39, 0.29) is 5.41 Å². The maximum absolute atomic E-state index is 9.83. The molecule has 3 aliphatic carbocycles. The average molecular weight is 579 g/mol. The van der Waals surface area contributed by atoms with Gasteiger partial charge < -0.3 is 4.52 Å². The molecule has 40 heavy (non-hydrogen) atoms. The first kappa shape index (κ1) is 34.5. The maximum atomic E-state index is 9.83. The molecular formula is C36H67O3P. The molecule has 0 bridgehead atoms. The zero-order valence-corrected chi connectivity index (χ0v) is 27.8. The molecule has 3 fully saturated rings. The summed E-state index contributed by atoms with van der Waals surface area (Å²) in [6, 6.07) is 0. The number of hydrogen-bond acceptors (Lipinski definition) is 3. The van der Waals surface area contributed by atoms with Crippen LogP contribution in [0.25, 0.3) is 0 Å². The Balaban J connectivity index is 2.04. The minimum Gasteiger partial charge on any atom is -0.365 e. The highest BCUT2D eigenvalue weighted by Gasteiger charge is 2.51. The van der Waals surface area contributed by atoms with Gasteiger partial charge in [0.1, 0.15) is 0 Å². The summed E-state index contributed by atoms with van der Waals surface area (Å²) in [5, 5.41) is 9.83. The number of unbranched alkanes of at least 4 members (excludes halogenated alkanes) is 6. The molecule has 3 rings (SSSR count). The molecule has 234 valence electrons. The second kappa shape index (κ2) is 20.1. The Hall–Kier alpha value is 0.0500. The van der Waals surface area contributed by atoms with Crippen molar-refractivity contribution in [3.63, 3.8) is 0 Å². The van der Waals surface area contributed by atoms with E-state index in [0.717, 1.165) is 18.4 Å². The van der Waals surface area contributed by atoms with Crippen LogP contribution in [-0.2, 0) is 9.41 Å². The van der Waals surface area contributed by atoms with Gasteiger partial charge in [0, 0.05) is 15.4 Å². The molecule has 0 aromatic heterocycles. The normalized spacial score (nSPS) is 33.4. The highest BCUT2D eigenvalue weighted by molar-refractivity contribution is 7.09. The Kier molecular flexibility index (Phi) is 17.3. The highest BCUT2D eigenvalue weighted by atomic mass is 31.0. The molecule has 0 aromatic carbocycles. The molecule has 1 N–H and O–H groups in total. The first-order valence-electron chi connectivity index (χ1n) is 18.0. The maximum Gasteiger partial charge on any atom is 0.0853 e. The van der Waals surface area contributed by atoms with E-state index in [1.807, 2.05) is 0 Å². The molecule has 0 radical (unpaired) electrons. The van der Waals surface area contributed by atoms with Crippen molar-refractivity contribution in [1.29, 1.82) is 0 Å². The third kappa shape index (κ3) is 10.3. The van der Waals surface area contributed by atoms with Crippen LogP contribution in [0.3, 0.4) is 0 Å². The molecule has 1 spiro atoms. The summed E-state index contributed by atoms with van der Waals surface area (Å²) < 4.78 is 5.77. The second-order valence-corrected chi connectivity index (χ2v) is 14.4. The van der Waals surface area contributed by atoms with Gasteiger partial charge in [-0.25, -0.2) is 4.89 Å². The predicted octanol–water partition coefficient (Wildman–Crippen LogP) is 11.7. The fourth-order valence-corrected chi connectivity index (χ4v) is 9.51. The van der Waals surface area contributed by atoms with Gasteiger partial charge in [0.05, 0.1) is 13.2 Å². The second-order valence-electron chi connectivity index (χ2n) is 14.1. The van der Waals surface area contributed by atoms with Gasteiger partial charge in [-0.05, 0) is 80.5 Å². The molecule has 7 unspecified atom stereocenters. The summed E-state index contributed by atoms with van der Waals surface area (Å²) in [4.78, 5) is 5.06. The number of rotatable bonds is 15. The quantitative estimate of drug-likeness (QED) is 0.0690. The van der Waals surface area contributed by atoms with E-state index in [2.05, 4.69) is 29.4 Å². The van der Waals surface area contributed by atoms with Crippen LogP contribution < -0.4 is 0 Å². The van der Waals surface area contributed by atoms with Crippen LogP contribution in [0.15, 0.2) is 11.6 Å². The van der Waals surface area contributed by atoms with Crippen LogP contribution in [0, 0.1) is 35.0 Å². The zero-order chi connectivity index (χ0) is 28.5. The highest BCUT2D eigenvalue weighted by Crippen LogP contribution is 2.59. The van der Waals surface area contributed by atoms with E-state index < -0.39 is 0 Å². The van der Waals surface area contributed by atoms with Gasteiger partial charge in [-0.15, -0.1) is 0 Å². The molecule has 3 nitrogen and oxygen atoms in total. The summed E-state index contributed by atoms with van der Waals surface area (Å²) in [5.74, 6) is 3.31. The van der Waals surface area contributed by atoms with E-state index in [9.17, 15) is 5.26 Å². The summed E-state index contributed by atoms with van der Waals surface area (Å²) in [7, 11) is 2.54. The van der Waals surface area contributed by atoms with Crippen LogP contribution in [0.1, 0.15) is 168 Å². The third-order valence-corrected chi connectivity index (χ3v) is 11.7. The minimum atomic E-state index is 0.278. The van der Waals surface area contributed by atoms with Crippen molar-refractivity contribution in [3.8, 4) is 0 Å². The monoisotopic (exact) mass is 578 g/mol. The largest absolute Gasteiger partial charge is 0.365 e. The van der Waals surface area contributed by atoms with E-state index in [1.165, 1.54) is 154 Å². The zero-order valence-electron chi connectivity index (χ0n) is 26.7. The van der Waals surface area contributed by atoms with E-state index in [4.69, 9.17) is 9.41 Å². The molecule has 0 saturated heterocycles. The van der Waals surface area contributed by atoms with Crippen molar-refractivity contribution in [2.45, 2.75) is 168 Å². The van der Waals surface area contributed by atoms with Crippen LogP contribution in [0.4, 0.5) is 0 Å². The van der Waals surface area contributed by atoms with Gasteiger partial charge in [-0.3, -0.25) is 5.26 Å². The molecule has 0 aliphatic heterocycles. The Labute approximate surface area is 251 Å². The van der Waals surface area contributed by atoms with Crippen LogP contribution in [0.5, 0.6) is 0 Å². The fraction of sp³-hybridized carbons (Fsp3) is 0.944. The molecule has 3 saturated carbocycles. The minimum absolute atomic E-state index is 0.278. The topological polar surface area (TPSA) is 38.7 Å². The first-order chi connectivity index (χ1) is 19.7. The molecule has 4 heteroatoms. The van der Waals surface area contributed by atoms with Gasteiger partial charge >= 0.3 is 0 Å². The van der Waals surface area contributed by atoms with Crippen molar-refractivity contribution in [2.24, 2.45) is 35.0 Å². The Morgan fingerprint density at radius 1 is 0.775 bits per heavy atom. The molecule has 0 heterocycles. The van der Waals surface area contributed by atoms with Crippen molar-refractivity contribution >= 4 is 9.47 Å². The van der Waals surface area contributed by atoms with Gasteiger partial charge in [0.15, 0.2) is 0 Å². The van der Waals surface area contributed by atoms with Crippen LogP contribution >= 0.6 is 9.47 Å². The van der Waals surface area contributed by atoms with Gasteiger partial charge in [-0.2, -0.15) is 0 Å². The van der Waals surface area contributed by atoms with E-state index >= 15 is 0 Å². The Morgan fingerprint density at radius 3 is 2.20 bits per heavy atom. The summed E-state index contributed by atoms with van der Waals surface area (Å²) >= 11 is 0. The summed E-state index contributed by atoms with van der Waals surface area (Å²) in [5.41, 5.74) is 2.00. The van der Waals surface area contributed by atoms with Crippen molar-refractivity contribution in [1.82, 2.24) is 0 Å². The smallest absolute Gasteiger partial charge is 0.0853 e. The molecule has 0 aromatic rings. The molecule has 3 aliphatic rings. The Bertz CT molecular complexity index is 681. The van der Waals surface area contributed by atoms with Crippen molar-refractivity contribution in [3.05, 3.63) is 11.6 Å². The lowest BCUT2D eigenvalue weighted by Gasteiger charge is -2.55. The lowest BCUT2D eigenvalue weighted by molar-refractivity contribution is -0.263. The van der Waals surface area contributed by atoms with Gasteiger partial charge in [-0.1, -0.05) is 128 Å². The lowest BCUT2D eigenvalue weighted by atomic mass is 9.49. The lowest BCUT2D eigenvalue weighted by Crippen LogP contribution is -2.49. The summed E-state index contributed by atoms with van der Waals surface area (Å²) in [6.45, 7) is 6.06. The van der Waals surface area contributed by atoms with Gasteiger partial charge in [0.2, 0.25) is 0 Å².